The van der Waals surface area contributed by atoms with Crippen molar-refractivity contribution in [2.75, 3.05) is 0 Å². The molecule has 1 aliphatic rings. The zero-order chi connectivity index (χ0) is 11.3. The van der Waals surface area contributed by atoms with Crippen molar-refractivity contribution in [1.82, 2.24) is 0 Å². The summed E-state index contributed by atoms with van der Waals surface area (Å²) in [6.45, 7) is 2.01. The Kier molecular flexibility index (Phi) is 4.28. The Bertz CT molecular complexity index is 313. The zero-order valence-electron chi connectivity index (χ0n) is 8.90. The molecule has 1 saturated carbocycles. The molecule has 0 amide bonds. The van der Waals surface area contributed by atoms with Gasteiger partial charge in [0.2, 0.25) is 0 Å². The molecule has 1 rings (SSSR count). The normalized spacial score (nSPS) is 24.2. The maximum absolute atomic E-state index is 11.5. The van der Waals surface area contributed by atoms with E-state index in [0.717, 1.165) is 6.42 Å². The molecule has 0 aromatic heterocycles. The summed E-state index contributed by atoms with van der Waals surface area (Å²) in [4.78, 5) is 22.0. The van der Waals surface area contributed by atoms with Crippen molar-refractivity contribution in [2.45, 2.75) is 32.6 Å². The summed E-state index contributed by atoms with van der Waals surface area (Å²) < 4.78 is 0. The lowest BCUT2D eigenvalue weighted by molar-refractivity contribution is -0.137. The van der Waals surface area contributed by atoms with E-state index in [1.165, 1.54) is 0 Å². The monoisotopic (exact) mass is 208 g/mol. The Morgan fingerprint density at radius 1 is 1.60 bits per heavy atom. The molecular formula is C12H16O3. The molecule has 0 unspecified atom stereocenters. The molecule has 1 N–H and O–H groups in total. The lowest BCUT2D eigenvalue weighted by Crippen LogP contribution is -2.07. The Hall–Kier alpha value is -1.38. The Labute approximate surface area is 89.5 Å². The fraction of sp³-hybridized carbons (Fsp3) is 0.500. The third-order valence-electron chi connectivity index (χ3n) is 2.55. The van der Waals surface area contributed by atoms with Gasteiger partial charge in [0.15, 0.2) is 5.78 Å². The summed E-state index contributed by atoms with van der Waals surface area (Å²) in [6, 6.07) is 0. The first-order valence-electron chi connectivity index (χ1n) is 5.26. The number of carbonyl (C=O) groups is 2. The van der Waals surface area contributed by atoms with E-state index in [1.807, 2.05) is 19.1 Å². The van der Waals surface area contributed by atoms with Crippen molar-refractivity contribution in [1.29, 1.82) is 0 Å². The van der Waals surface area contributed by atoms with Gasteiger partial charge >= 0.3 is 5.97 Å². The topological polar surface area (TPSA) is 54.4 Å². The van der Waals surface area contributed by atoms with E-state index in [2.05, 4.69) is 0 Å². The predicted molar refractivity (Wildman–Crippen MR) is 57.5 cm³/mol. The van der Waals surface area contributed by atoms with Gasteiger partial charge in [-0.1, -0.05) is 25.2 Å². The maximum Gasteiger partial charge on any atom is 0.303 e. The average Bonchev–Trinajstić information content (AvgIpc) is 2.49. The first-order valence-corrected chi connectivity index (χ1v) is 5.26. The van der Waals surface area contributed by atoms with Crippen LogP contribution in [0.3, 0.4) is 0 Å². The molecule has 0 saturated heterocycles. The second-order valence-corrected chi connectivity index (χ2v) is 3.72. The highest BCUT2D eigenvalue weighted by Crippen LogP contribution is 2.30. The van der Waals surface area contributed by atoms with Gasteiger partial charge < -0.3 is 5.11 Å². The summed E-state index contributed by atoms with van der Waals surface area (Å²) in [5.74, 6) is -0.821. The Balaban J connectivity index is 2.72. The fourth-order valence-corrected chi connectivity index (χ4v) is 1.79. The molecule has 0 radical (unpaired) electrons. The van der Waals surface area contributed by atoms with Gasteiger partial charge in [0, 0.05) is 6.42 Å². The quantitative estimate of drug-likeness (QED) is 0.721. The van der Waals surface area contributed by atoms with Crippen LogP contribution in [0.15, 0.2) is 23.8 Å². The number of ketones is 1. The van der Waals surface area contributed by atoms with Gasteiger partial charge in [-0.15, -0.1) is 0 Å². The molecule has 1 atom stereocenters. The van der Waals surface area contributed by atoms with E-state index in [-0.39, 0.29) is 18.1 Å². The molecule has 0 aromatic rings. The first kappa shape index (κ1) is 11.7. The average molecular weight is 208 g/mol. The van der Waals surface area contributed by atoms with Crippen molar-refractivity contribution in [3.05, 3.63) is 23.8 Å². The highest BCUT2D eigenvalue weighted by molar-refractivity contribution is 5.98. The minimum atomic E-state index is -0.833. The molecule has 0 bridgehead atoms. The second kappa shape index (κ2) is 5.49. The molecular weight excluding hydrogens is 192 g/mol. The van der Waals surface area contributed by atoms with Crippen LogP contribution in [0.1, 0.15) is 32.6 Å². The molecule has 1 aliphatic carbocycles. The molecule has 3 heteroatoms. The molecule has 0 heterocycles. The van der Waals surface area contributed by atoms with Crippen molar-refractivity contribution >= 4 is 11.8 Å². The molecule has 1 fully saturated rings. The van der Waals surface area contributed by atoms with Gasteiger partial charge in [-0.3, -0.25) is 9.59 Å². The van der Waals surface area contributed by atoms with Crippen molar-refractivity contribution in [3.63, 3.8) is 0 Å². The van der Waals surface area contributed by atoms with Crippen LogP contribution in [-0.4, -0.2) is 16.9 Å². The number of allylic oxidation sites excluding steroid dienone is 4. The SMILES string of the molecule is CC/C=C\C=C1/C(=O)CC[C@@H]1CC(=O)O. The third-order valence-corrected chi connectivity index (χ3v) is 2.55. The lowest BCUT2D eigenvalue weighted by Gasteiger charge is -2.06. The van der Waals surface area contributed by atoms with E-state index >= 15 is 0 Å². The van der Waals surface area contributed by atoms with Crippen molar-refractivity contribution in [2.24, 2.45) is 5.92 Å². The van der Waals surface area contributed by atoms with Crippen LogP contribution in [0.4, 0.5) is 0 Å². The number of hydrogen-bond donors (Lipinski definition) is 1. The molecule has 3 nitrogen and oxygen atoms in total. The number of carboxylic acid groups (broad SMARTS) is 1. The lowest BCUT2D eigenvalue weighted by atomic mass is 9.98. The second-order valence-electron chi connectivity index (χ2n) is 3.72. The standard InChI is InChI=1S/C12H16O3/c1-2-3-4-5-10-9(8-12(14)15)6-7-11(10)13/h3-5,9H,2,6-8H2,1H3,(H,14,15)/b4-3-,10-5-/t9-/m1/s1. The van der Waals surface area contributed by atoms with Crippen LogP contribution >= 0.6 is 0 Å². The number of hydrogen-bond acceptors (Lipinski definition) is 2. The maximum atomic E-state index is 11.5. The van der Waals surface area contributed by atoms with E-state index in [9.17, 15) is 9.59 Å². The van der Waals surface area contributed by atoms with Gasteiger partial charge in [-0.25, -0.2) is 0 Å². The van der Waals surface area contributed by atoms with Gasteiger partial charge in [-0.05, 0) is 24.3 Å². The predicted octanol–water partition coefficient (Wildman–Crippen LogP) is 2.33. The van der Waals surface area contributed by atoms with Gasteiger partial charge in [0.1, 0.15) is 0 Å². The summed E-state index contributed by atoms with van der Waals surface area (Å²) >= 11 is 0. The van der Waals surface area contributed by atoms with Gasteiger partial charge in [0.05, 0.1) is 6.42 Å². The van der Waals surface area contributed by atoms with Crippen LogP contribution in [0, 0.1) is 5.92 Å². The largest absolute Gasteiger partial charge is 0.481 e. The van der Waals surface area contributed by atoms with E-state index in [1.54, 1.807) is 6.08 Å². The third kappa shape index (κ3) is 3.35. The summed E-state index contributed by atoms with van der Waals surface area (Å²) in [6.07, 6.45) is 7.72. The summed E-state index contributed by atoms with van der Waals surface area (Å²) in [5, 5.41) is 8.69. The van der Waals surface area contributed by atoms with Crippen LogP contribution in [0.5, 0.6) is 0 Å². The number of Topliss-reactive ketones (excluding diaryl/α,β-unsaturated/α-hetero) is 1. The van der Waals surface area contributed by atoms with Gasteiger partial charge in [-0.2, -0.15) is 0 Å². The van der Waals surface area contributed by atoms with E-state index in [4.69, 9.17) is 5.11 Å². The summed E-state index contributed by atoms with van der Waals surface area (Å²) in [5.41, 5.74) is 0.683. The van der Waals surface area contributed by atoms with Crippen molar-refractivity contribution < 1.29 is 14.7 Å². The number of aliphatic carboxylic acids is 1. The molecule has 0 spiro atoms. The van der Waals surface area contributed by atoms with Crippen LogP contribution in [-0.2, 0) is 9.59 Å². The number of rotatable bonds is 4. The zero-order valence-corrected chi connectivity index (χ0v) is 8.90. The van der Waals surface area contributed by atoms with Crippen LogP contribution in [0.2, 0.25) is 0 Å². The minimum absolute atomic E-state index is 0.0670. The smallest absolute Gasteiger partial charge is 0.303 e. The first-order chi connectivity index (χ1) is 7.15. The highest BCUT2D eigenvalue weighted by atomic mass is 16.4. The van der Waals surface area contributed by atoms with Crippen molar-refractivity contribution in [3.8, 4) is 0 Å². The number of carbonyl (C=O) groups excluding carboxylic acids is 1. The highest BCUT2D eigenvalue weighted by Gasteiger charge is 2.29. The van der Waals surface area contributed by atoms with Gasteiger partial charge in [0.25, 0.3) is 0 Å². The van der Waals surface area contributed by atoms with Crippen LogP contribution < -0.4 is 0 Å². The van der Waals surface area contributed by atoms with Crippen LogP contribution in [0.25, 0.3) is 0 Å². The number of carboxylic acids is 1. The Morgan fingerprint density at radius 3 is 2.93 bits per heavy atom. The molecule has 15 heavy (non-hydrogen) atoms. The molecule has 82 valence electrons. The van der Waals surface area contributed by atoms with E-state index in [0.29, 0.717) is 18.4 Å². The minimum Gasteiger partial charge on any atom is -0.481 e. The van der Waals surface area contributed by atoms with E-state index < -0.39 is 5.97 Å². The fourth-order valence-electron chi connectivity index (χ4n) is 1.79. The summed E-state index contributed by atoms with van der Waals surface area (Å²) in [7, 11) is 0. The molecule has 0 aliphatic heterocycles. The molecule has 0 aromatic carbocycles. The Morgan fingerprint density at radius 2 is 2.33 bits per heavy atom.